The van der Waals surface area contributed by atoms with Crippen molar-refractivity contribution in [3.63, 3.8) is 0 Å². The molecule has 0 radical (unpaired) electrons. The van der Waals surface area contributed by atoms with Gasteiger partial charge in [-0.15, -0.1) is 0 Å². The highest BCUT2D eigenvalue weighted by Gasteiger charge is 2.22. The first-order chi connectivity index (χ1) is 11.3. The summed E-state index contributed by atoms with van der Waals surface area (Å²) in [6.45, 7) is 8.03. The number of thioether (sulfide) groups is 1. The van der Waals surface area contributed by atoms with E-state index in [4.69, 9.17) is 9.68 Å². The van der Waals surface area contributed by atoms with Crippen LogP contribution in [-0.2, 0) is 16.6 Å². The Hall–Kier alpha value is -2.26. The Labute approximate surface area is 146 Å². The number of amides is 1. The molecule has 1 heterocycles. The zero-order chi connectivity index (χ0) is 17.7. The second kappa shape index (κ2) is 7.54. The molecule has 0 atom stereocenters. The standard InChI is InChI=1S/C18H21N3O2S/c1-12-15(23-17(20-12)18(2,3)4)9-10-16(22)21-13-5-7-14(8-6-13)24-11-19/h5-8H,9-10H2,1-4H3,(H,21,22). The van der Waals surface area contributed by atoms with Crippen LogP contribution >= 0.6 is 11.8 Å². The van der Waals surface area contributed by atoms with Crippen molar-refractivity contribution in [3.8, 4) is 5.40 Å². The highest BCUT2D eigenvalue weighted by molar-refractivity contribution is 8.03. The van der Waals surface area contributed by atoms with E-state index in [0.717, 1.165) is 28.1 Å². The molecule has 2 rings (SSSR count). The van der Waals surface area contributed by atoms with E-state index in [1.165, 1.54) is 0 Å². The van der Waals surface area contributed by atoms with Crippen molar-refractivity contribution in [1.29, 1.82) is 5.26 Å². The number of benzene rings is 1. The van der Waals surface area contributed by atoms with Gasteiger partial charge in [-0.25, -0.2) is 4.98 Å². The lowest BCUT2D eigenvalue weighted by Gasteiger charge is -2.12. The summed E-state index contributed by atoms with van der Waals surface area (Å²) in [5.41, 5.74) is 1.41. The molecule has 2 aromatic rings. The number of aryl methyl sites for hydroxylation is 2. The van der Waals surface area contributed by atoms with Gasteiger partial charge < -0.3 is 9.73 Å². The monoisotopic (exact) mass is 343 g/mol. The number of rotatable bonds is 5. The predicted octanol–water partition coefficient (Wildman–Crippen LogP) is 4.43. The SMILES string of the molecule is Cc1nc(C(C)(C)C)oc1CCC(=O)Nc1ccc(SC#N)cc1. The minimum absolute atomic E-state index is 0.0798. The average molecular weight is 343 g/mol. The van der Waals surface area contributed by atoms with Gasteiger partial charge in [-0.3, -0.25) is 4.79 Å². The van der Waals surface area contributed by atoms with E-state index in [2.05, 4.69) is 10.3 Å². The van der Waals surface area contributed by atoms with Gasteiger partial charge in [0.1, 0.15) is 11.2 Å². The summed E-state index contributed by atoms with van der Waals surface area (Å²) in [6, 6.07) is 7.18. The second-order valence-corrected chi connectivity index (χ2v) is 7.40. The number of nitrogens with zero attached hydrogens (tertiary/aromatic N) is 2. The Bertz CT molecular complexity index is 752. The first kappa shape index (κ1) is 18.1. The lowest BCUT2D eigenvalue weighted by atomic mass is 9.97. The van der Waals surface area contributed by atoms with Crippen molar-refractivity contribution < 1.29 is 9.21 Å². The zero-order valence-electron chi connectivity index (χ0n) is 14.3. The number of hydrogen-bond acceptors (Lipinski definition) is 5. The Morgan fingerprint density at radius 1 is 1.33 bits per heavy atom. The highest BCUT2D eigenvalue weighted by atomic mass is 32.2. The van der Waals surface area contributed by atoms with Crippen LogP contribution in [0.25, 0.3) is 0 Å². The van der Waals surface area contributed by atoms with E-state index in [1.807, 2.05) is 33.1 Å². The molecule has 0 saturated carbocycles. The predicted molar refractivity (Wildman–Crippen MR) is 94.8 cm³/mol. The van der Waals surface area contributed by atoms with Gasteiger partial charge in [0, 0.05) is 28.8 Å². The molecule has 0 fully saturated rings. The van der Waals surface area contributed by atoms with Crippen molar-refractivity contribution in [2.75, 3.05) is 5.32 Å². The molecule has 1 amide bonds. The van der Waals surface area contributed by atoms with Crippen LogP contribution in [0.2, 0.25) is 0 Å². The molecule has 24 heavy (non-hydrogen) atoms. The van der Waals surface area contributed by atoms with Crippen LogP contribution in [0.5, 0.6) is 0 Å². The van der Waals surface area contributed by atoms with Crippen LogP contribution in [0, 0.1) is 17.6 Å². The fourth-order valence-electron chi connectivity index (χ4n) is 2.09. The number of nitrogens with one attached hydrogen (secondary N) is 1. The van der Waals surface area contributed by atoms with Crippen LogP contribution < -0.4 is 5.32 Å². The average Bonchev–Trinajstić information content (AvgIpc) is 2.89. The largest absolute Gasteiger partial charge is 0.445 e. The Morgan fingerprint density at radius 3 is 2.54 bits per heavy atom. The van der Waals surface area contributed by atoms with Crippen molar-refractivity contribution in [2.24, 2.45) is 0 Å². The maximum Gasteiger partial charge on any atom is 0.224 e. The van der Waals surface area contributed by atoms with E-state index in [9.17, 15) is 4.79 Å². The van der Waals surface area contributed by atoms with Crippen molar-refractivity contribution in [2.45, 2.75) is 50.8 Å². The second-order valence-electron chi connectivity index (χ2n) is 6.54. The highest BCUT2D eigenvalue weighted by Crippen LogP contribution is 2.24. The van der Waals surface area contributed by atoms with Crippen molar-refractivity contribution >= 4 is 23.4 Å². The Kier molecular flexibility index (Phi) is 5.68. The van der Waals surface area contributed by atoms with Gasteiger partial charge in [-0.1, -0.05) is 20.8 Å². The van der Waals surface area contributed by atoms with E-state index in [0.29, 0.717) is 24.4 Å². The van der Waals surface area contributed by atoms with Gasteiger partial charge in [0.15, 0.2) is 5.89 Å². The van der Waals surface area contributed by atoms with Gasteiger partial charge in [0.2, 0.25) is 5.91 Å². The number of carbonyl (C=O) groups is 1. The molecular formula is C18H21N3O2S. The quantitative estimate of drug-likeness (QED) is 0.642. The molecule has 0 spiro atoms. The first-order valence-electron chi connectivity index (χ1n) is 7.72. The van der Waals surface area contributed by atoms with Crippen LogP contribution in [-0.4, -0.2) is 10.9 Å². The lowest BCUT2D eigenvalue weighted by molar-refractivity contribution is -0.116. The normalized spacial score (nSPS) is 11.1. The number of anilines is 1. The smallest absolute Gasteiger partial charge is 0.224 e. The number of aromatic nitrogens is 1. The van der Waals surface area contributed by atoms with E-state index >= 15 is 0 Å². The van der Waals surface area contributed by atoms with Gasteiger partial charge in [0.05, 0.1) is 5.69 Å². The van der Waals surface area contributed by atoms with Crippen LogP contribution in [0.15, 0.2) is 33.6 Å². The molecule has 0 bridgehead atoms. The number of thiocyanates is 1. The van der Waals surface area contributed by atoms with E-state index < -0.39 is 0 Å². The fraction of sp³-hybridized carbons (Fsp3) is 0.389. The Balaban J connectivity index is 1.91. The van der Waals surface area contributed by atoms with Crippen LogP contribution in [0.4, 0.5) is 5.69 Å². The number of carbonyl (C=O) groups excluding carboxylic acids is 1. The summed E-state index contributed by atoms with van der Waals surface area (Å²) in [5.74, 6) is 1.38. The summed E-state index contributed by atoms with van der Waals surface area (Å²) in [7, 11) is 0. The molecule has 0 saturated heterocycles. The third-order valence-electron chi connectivity index (χ3n) is 3.41. The maximum atomic E-state index is 12.1. The van der Waals surface area contributed by atoms with Gasteiger partial charge in [0.25, 0.3) is 0 Å². The molecule has 126 valence electrons. The summed E-state index contributed by atoms with van der Waals surface area (Å²) >= 11 is 1.09. The minimum atomic E-state index is -0.144. The first-order valence-corrected chi connectivity index (χ1v) is 8.54. The molecule has 0 unspecified atom stereocenters. The number of nitriles is 1. The molecule has 0 aliphatic carbocycles. The zero-order valence-corrected chi connectivity index (χ0v) is 15.2. The molecule has 1 aromatic heterocycles. The topological polar surface area (TPSA) is 78.9 Å². The molecule has 0 aliphatic heterocycles. The van der Waals surface area contributed by atoms with Gasteiger partial charge >= 0.3 is 0 Å². The number of hydrogen-bond donors (Lipinski definition) is 1. The summed E-state index contributed by atoms with van der Waals surface area (Å²) in [5, 5.41) is 13.5. The van der Waals surface area contributed by atoms with Crippen molar-refractivity contribution in [3.05, 3.63) is 41.6 Å². The summed E-state index contributed by atoms with van der Waals surface area (Å²) < 4.78 is 5.80. The molecular weight excluding hydrogens is 322 g/mol. The molecule has 0 aliphatic rings. The third-order valence-corrected chi connectivity index (χ3v) is 4.01. The van der Waals surface area contributed by atoms with Crippen LogP contribution in [0.3, 0.4) is 0 Å². The number of oxazole rings is 1. The van der Waals surface area contributed by atoms with Crippen LogP contribution in [0.1, 0.15) is 44.5 Å². The summed E-state index contributed by atoms with van der Waals surface area (Å²) in [4.78, 5) is 17.4. The maximum absolute atomic E-state index is 12.1. The molecule has 1 N–H and O–H groups in total. The Morgan fingerprint density at radius 2 is 2.00 bits per heavy atom. The van der Waals surface area contributed by atoms with Crippen molar-refractivity contribution in [1.82, 2.24) is 4.98 Å². The molecule has 5 nitrogen and oxygen atoms in total. The van der Waals surface area contributed by atoms with E-state index in [-0.39, 0.29) is 11.3 Å². The molecule has 6 heteroatoms. The van der Waals surface area contributed by atoms with Gasteiger partial charge in [-0.05, 0) is 43.0 Å². The molecule has 1 aromatic carbocycles. The van der Waals surface area contributed by atoms with E-state index in [1.54, 1.807) is 24.3 Å². The minimum Gasteiger partial charge on any atom is -0.445 e. The third kappa shape index (κ3) is 4.87. The fourth-order valence-corrected chi connectivity index (χ4v) is 2.47. The van der Waals surface area contributed by atoms with Gasteiger partial charge in [-0.2, -0.15) is 5.26 Å². The summed E-state index contributed by atoms with van der Waals surface area (Å²) in [6.07, 6.45) is 0.845. The lowest BCUT2D eigenvalue weighted by Crippen LogP contribution is -2.12.